The van der Waals surface area contributed by atoms with E-state index in [1.165, 1.54) is 90.4 Å². The third-order valence-corrected chi connectivity index (χ3v) is 17.7. The summed E-state index contributed by atoms with van der Waals surface area (Å²) < 4.78 is 31.2. The van der Waals surface area contributed by atoms with Gasteiger partial charge in [0.15, 0.2) is 28.4 Å². The maximum absolute atomic E-state index is 13.7. The Kier molecular flexibility index (Phi) is 34.4. The number of ether oxygens (including phenoxy) is 1. The maximum Gasteiger partial charge on any atom is 0.224 e. The number of nitrogens with zero attached hydrogens (tertiary/aromatic N) is 9. The Labute approximate surface area is 529 Å². The highest BCUT2D eigenvalue weighted by Gasteiger charge is 2.45. The van der Waals surface area contributed by atoms with Crippen LogP contribution >= 0.6 is 47.2 Å². The average Bonchev–Trinajstić information content (AvgIpc) is 2.36. The molecule has 8 aliphatic heterocycles. The van der Waals surface area contributed by atoms with Crippen LogP contribution < -0.4 is 22.7 Å². The normalized spacial score (nSPS) is 26.4. The van der Waals surface area contributed by atoms with Crippen LogP contribution in [0.5, 0.6) is 0 Å². The minimum absolute atomic E-state index is 0. The van der Waals surface area contributed by atoms with Crippen molar-refractivity contribution in [3.63, 3.8) is 0 Å². The lowest BCUT2D eigenvalue weighted by atomic mass is 9.84. The summed E-state index contributed by atoms with van der Waals surface area (Å²) in [5.41, 5.74) is 14.2. The van der Waals surface area contributed by atoms with E-state index < -0.39 is 11.6 Å². The smallest absolute Gasteiger partial charge is 0.224 e. The second-order valence-electron chi connectivity index (χ2n) is 26.3. The summed E-state index contributed by atoms with van der Waals surface area (Å²) in [6, 6.07) is 3.26. The zero-order valence-corrected chi connectivity index (χ0v) is 56.5. The summed E-state index contributed by atoms with van der Waals surface area (Å²) in [5.74, 6) is 3.20. The number of ketones is 2. The first-order valence-corrected chi connectivity index (χ1v) is 31.6. The Morgan fingerprint density at radius 3 is 1.71 bits per heavy atom. The molecule has 0 saturated carbocycles. The van der Waals surface area contributed by atoms with E-state index in [1.54, 1.807) is 13.0 Å². The monoisotopic (exact) mass is 1280 g/mol. The summed E-state index contributed by atoms with van der Waals surface area (Å²) >= 11 is 16.2. The lowest BCUT2D eigenvalue weighted by molar-refractivity contribution is -0.127. The predicted octanol–water partition coefficient (Wildman–Crippen LogP) is 12.3. The molecule has 7 unspecified atom stereocenters. The topological polar surface area (TPSA) is 251 Å². The SMILES string of the molecule is CC(=O)C=C(C)C.CC1(C)C/C(=N\O)CC2CCCN21.CC1(C)CC(=O)CC2CCCN21.CC1(C)CC(N)CC2CCCN21.CC1(C)CC(Nc2nc(Cl)ncc2F)CC2CCCN21.CCOC(C)CCCN.Cl.Fc1cnc(Cl)nc1Cl.NO. The Morgan fingerprint density at radius 2 is 1.24 bits per heavy atom. The molecule has 10 rings (SSSR count). The number of allylic oxidation sites excluding steroid dienone is 2. The summed E-state index contributed by atoms with van der Waals surface area (Å²) in [5, 5.41) is 21.7. The molecular formula is C61H107Cl4F2N13O5. The largest absolute Gasteiger partial charge is 0.411 e. The molecule has 8 fully saturated rings. The maximum atomic E-state index is 13.7. The van der Waals surface area contributed by atoms with Gasteiger partial charge in [-0.2, -0.15) is 4.98 Å². The number of nitrogens with two attached hydrogens (primary N) is 3. The van der Waals surface area contributed by atoms with Gasteiger partial charge >= 0.3 is 0 Å². The Hall–Kier alpha value is -2.83. The molecule has 9 N–H and O–H groups in total. The highest BCUT2D eigenvalue weighted by Crippen LogP contribution is 2.40. The third kappa shape index (κ3) is 25.9. The quantitative estimate of drug-likeness (QED) is 0.0472. The van der Waals surface area contributed by atoms with E-state index in [2.05, 4.69) is 118 Å². The van der Waals surface area contributed by atoms with Crippen molar-refractivity contribution < 1.29 is 33.5 Å². The number of carbonyl (C=O) groups is 2. The van der Waals surface area contributed by atoms with Gasteiger partial charge in [0.2, 0.25) is 10.6 Å². The Balaban J connectivity index is 0.000000344. The first-order chi connectivity index (χ1) is 39.4. The van der Waals surface area contributed by atoms with Crippen molar-refractivity contribution in [1.29, 1.82) is 0 Å². The molecule has 488 valence electrons. The minimum Gasteiger partial charge on any atom is -0.411 e. The number of hydrogen-bond acceptors (Lipinski definition) is 18. The number of rotatable bonds is 8. The average molecular weight is 1280 g/mol. The molecule has 0 radical (unpaired) electrons. The minimum atomic E-state index is -0.666. The van der Waals surface area contributed by atoms with E-state index in [1.807, 2.05) is 20.8 Å². The number of anilines is 1. The van der Waals surface area contributed by atoms with E-state index in [9.17, 15) is 18.4 Å². The molecule has 0 amide bonds. The van der Waals surface area contributed by atoms with Crippen LogP contribution in [0.1, 0.15) is 206 Å². The Bertz CT molecular complexity index is 2390. The van der Waals surface area contributed by atoms with Crippen LogP contribution in [0.4, 0.5) is 14.6 Å². The first-order valence-electron chi connectivity index (χ1n) is 30.5. The third-order valence-electron chi connectivity index (χ3n) is 17.1. The fraction of sp³-hybridized carbons (Fsp3) is 0.787. The van der Waals surface area contributed by atoms with Crippen LogP contribution in [0.25, 0.3) is 0 Å². The van der Waals surface area contributed by atoms with Gasteiger partial charge in [-0.05, 0) is 242 Å². The number of piperidine rings is 4. The number of carbonyl (C=O) groups excluding carboxylic acids is 2. The summed E-state index contributed by atoms with van der Waals surface area (Å²) in [6.07, 6.45) is 24.4. The fourth-order valence-electron chi connectivity index (χ4n) is 14.0. The van der Waals surface area contributed by atoms with Crippen molar-refractivity contribution in [2.75, 3.05) is 44.6 Å². The molecular weight excluding hydrogens is 1170 g/mol. The van der Waals surface area contributed by atoms with Crippen LogP contribution in [-0.2, 0) is 14.3 Å². The summed E-state index contributed by atoms with van der Waals surface area (Å²) in [7, 11) is 0. The van der Waals surface area contributed by atoms with E-state index in [-0.39, 0.29) is 62.4 Å². The van der Waals surface area contributed by atoms with Crippen molar-refractivity contribution in [2.45, 2.75) is 270 Å². The van der Waals surface area contributed by atoms with Gasteiger partial charge in [0.1, 0.15) is 5.78 Å². The number of fused-ring (bicyclic) bond motifs is 4. The second kappa shape index (κ2) is 37.4. The van der Waals surface area contributed by atoms with Gasteiger partial charge in [-0.3, -0.25) is 29.2 Å². The van der Waals surface area contributed by atoms with Gasteiger partial charge in [-0.15, -0.1) is 12.4 Å². The van der Waals surface area contributed by atoms with Crippen LogP contribution in [0.15, 0.2) is 29.2 Å². The number of oxime groups is 1. The molecule has 2 aromatic rings. The van der Waals surface area contributed by atoms with Gasteiger partial charge in [-0.25, -0.2) is 29.6 Å². The zero-order valence-electron chi connectivity index (χ0n) is 53.4. The molecule has 8 saturated heterocycles. The highest BCUT2D eigenvalue weighted by atomic mass is 35.5. The molecule has 24 heteroatoms. The van der Waals surface area contributed by atoms with E-state index >= 15 is 0 Å². The number of Topliss-reactive ketones (excluding diaryl/α,β-unsaturated/α-hetero) is 1. The lowest BCUT2D eigenvalue weighted by Crippen LogP contribution is -2.55. The number of nitrogens with one attached hydrogen (secondary N) is 1. The molecule has 10 heterocycles. The fourth-order valence-corrected chi connectivity index (χ4v) is 14.4. The van der Waals surface area contributed by atoms with Crippen molar-refractivity contribution in [3.8, 4) is 0 Å². The van der Waals surface area contributed by atoms with Crippen LogP contribution in [0, 0.1) is 11.6 Å². The predicted molar refractivity (Wildman–Crippen MR) is 343 cm³/mol. The highest BCUT2D eigenvalue weighted by molar-refractivity contribution is 6.31. The van der Waals surface area contributed by atoms with Crippen molar-refractivity contribution in [1.82, 2.24) is 39.5 Å². The molecule has 0 aliphatic carbocycles. The summed E-state index contributed by atoms with van der Waals surface area (Å²) in [6.45, 7) is 34.0. The summed E-state index contributed by atoms with van der Waals surface area (Å²) in [4.78, 5) is 46.2. The molecule has 0 aromatic carbocycles. The second-order valence-corrected chi connectivity index (χ2v) is 27.3. The van der Waals surface area contributed by atoms with Crippen molar-refractivity contribution in [3.05, 3.63) is 51.4 Å². The van der Waals surface area contributed by atoms with Gasteiger partial charge in [0, 0.05) is 90.7 Å². The number of hydrogen-bond donors (Lipinski definition) is 6. The van der Waals surface area contributed by atoms with Crippen molar-refractivity contribution in [2.24, 2.45) is 22.5 Å². The van der Waals surface area contributed by atoms with Crippen LogP contribution in [0.3, 0.4) is 0 Å². The van der Waals surface area contributed by atoms with Crippen LogP contribution in [-0.4, -0.2) is 171 Å². The van der Waals surface area contributed by atoms with Gasteiger partial charge < -0.3 is 31.9 Å². The zero-order chi connectivity index (χ0) is 63.2. The van der Waals surface area contributed by atoms with Crippen LogP contribution in [0.2, 0.25) is 15.7 Å². The van der Waals surface area contributed by atoms with Gasteiger partial charge in [0.05, 0.1) is 24.2 Å². The first kappa shape index (κ1) is 78.3. The van der Waals surface area contributed by atoms with E-state index in [0.29, 0.717) is 41.6 Å². The molecule has 0 bridgehead atoms. The molecule has 0 spiro atoms. The molecule has 85 heavy (non-hydrogen) atoms. The number of aromatic nitrogens is 4. The molecule has 8 aliphatic rings. The molecule has 2 aromatic heterocycles. The van der Waals surface area contributed by atoms with Crippen molar-refractivity contribution >= 4 is 70.3 Å². The number of halogens is 6. The Morgan fingerprint density at radius 1 is 0.765 bits per heavy atom. The standard InChI is InChI=1S/C14H20ClFN4.C10H18N2O.C10H20N2.C10H17NO.C7H17NO.C6H10O.C4HCl2FN2.ClH.H3NO/c1-14(2)7-9(6-10-4-3-5-20(10)14)18-12-11(16)8-17-13(15)19-12;1-10(2)7-8(11-13)6-9-4-3-5-12(9)10;1-10(2)7-8(11)6-9-4-3-5-12(9)10;1-10(2)7-9(12)6-8-4-3-5-11(8)10;1-3-9-7(2)5-4-6-8;1-5(2)4-6(3)7;5-3-2(7)1-8-4(6)9-3;;1-2/h8-10H,3-7H2,1-2H3,(H,17,18,19);9,13H,3-7H2,1-2H3;8-9H,3-7,11H2,1-2H3;8H,3-7H2,1-2H3;7H,3-6,8H2,1-2H3;4H,1-3H3;1H;1H;2H,1H2/b;11-8-;;;;;;;. The van der Waals surface area contributed by atoms with E-state index in [4.69, 9.17) is 61.4 Å². The van der Waals surface area contributed by atoms with Gasteiger partial charge in [0.25, 0.3) is 0 Å². The molecule has 7 atom stereocenters. The van der Waals surface area contributed by atoms with Gasteiger partial charge in [-0.1, -0.05) is 22.3 Å². The van der Waals surface area contributed by atoms with E-state index in [0.717, 1.165) is 94.2 Å². The molecule has 18 nitrogen and oxygen atoms in total. The lowest BCUT2D eigenvalue weighted by Gasteiger charge is -2.47.